The number of ether oxygens (including phenoxy) is 3. The monoisotopic (exact) mass is 432 g/mol. The van der Waals surface area contributed by atoms with E-state index in [1.54, 1.807) is 30.3 Å². The molecule has 30 heavy (non-hydrogen) atoms. The van der Waals surface area contributed by atoms with E-state index >= 15 is 0 Å². The van der Waals surface area contributed by atoms with Crippen LogP contribution in [0.25, 0.3) is 0 Å². The second kappa shape index (κ2) is 8.43. The van der Waals surface area contributed by atoms with Gasteiger partial charge in [0.25, 0.3) is 15.9 Å². The minimum atomic E-state index is -3.97. The molecule has 0 aromatic heterocycles. The Morgan fingerprint density at radius 1 is 1.10 bits per heavy atom. The maximum Gasteiger partial charge on any atom is 0.264 e. The van der Waals surface area contributed by atoms with E-state index in [4.69, 9.17) is 14.2 Å². The van der Waals surface area contributed by atoms with Gasteiger partial charge in [0.15, 0.2) is 17.6 Å². The molecule has 0 saturated heterocycles. The van der Waals surface area contributed by atoms with E-state index in [0.717, 1.165) is 12.8 Å². The Kier molecular flexibility index (Phi) is 5.72. The van der Waals surface area contributed by atoms with Crippen molar-refractivity contribution in [1.29, 1.82) is 0 Å². The largest absolute Gasteiger partial charge is 0.490 e. The summed E-state index contributed by atoms with van der Waals surface area (Å²) in [5.41, 5.74) is 0.393. The third-order valence-corrected chi connectivity index (χ3v) is 6.66. The number of nitrogens with zero attached hydrogens (tertiary/aromatic N) is 1. The van der Waals surface area contributed by atoms with Gasteiger partial charge in [0.2, 0.25) is 0 Å². The van der Waals surface area contributed by atoms with Gasteiger partial charge in [-0.3, -0.25) is 9.10 Å². The van der Waals surface area contributed by atoms with Crippen molar-refractivity contribution in [3.8, 4) is 17.2 Å². The highest BCUT2D eigenvalue weighted by Crippen LogP contribution is 2.39. The second-order valence-corrected chi connectivity index (χ2v) is 8.92. The third-order valence-electron chi connectivity index (χ3n) is 4.88. The molecule has 1 N–H and O–H groups in total. The molecule has 2 aliphatic heterocycles. The number of benzene rings is 2. The lowest BCUT2D eigenvalue weighted by Crippen LogP contribution is -2.50. The Morgan fingerprint density at radius 2 is 1.87 bits per heavy atom. The first-order valence-corrected chi connectivity index (χ1v) is 11.4. The van der Waals surface area contributed by atoms with Crippen LogP contribution in [0.1, 0.15) is 19.8 Å². The summed E-state index contributed by atoms with van der Waals surface area (Å²) in [7, 11) is -3.97. The van der Waals surface area contributed by atoms with E-state index in [0.29, 0.717) is 42.7 Å². The molecular weight excluding hydrogens is 408 g/mol. The van der Waals surface area contributed by atoms with Crippen LogP contribution in [0.2, 0.25) is 0 Å². The number of amides is 1. The fourth-order valence-electron chi connectivity index (χ4n) is 3.36. The minimum Gasteiger partial charge on any atom is -0.490 e. The van der Waals surface area contributed by atoms with Crippen LogP contribution in [0, 0.1) is 0 Å². The van der Waals surface area contributed by atoms with Crippen molar-refractivity contribution in [1.82, 2.24) is 5.32 Å². The molecule has 9 heteroatoms. The molecule has 2 aromatic carbocycles. The van der Waals surface area contributed by atoms with E-state index in [1.807, 2.05) is 6.92 Å². The van der Waals surface area contributed by atoms with Gasteiger partial charge in [-0.1, -0.05) is 19.1 Å². The molecule has 0 spiro atoms. The Bertz CT molecular complexity index is 1040. The molecule has 0 saturated carbocycles. The fraction of sp³-hybridized carbons (Fsp3) is 0.381. The third kappa shape index (κ3) is 3.89. The summed E-state index contributed by atoms with van der Waals surface area (Å²) in [6.45, 7) is 3.29. The SMILES string of the molecule is CCCNC(=O)[C@@H]1CN(S(=O)(=O)c2ccc3c(c2)OCCCO3)c2ccccc2O1. The fourth-order valence-corrected chi connectivity index (χ4v) is 4.85. The molecule has 4 rings (SSSR count). The normalized spacial score (nSPS) is 18.0. The van der Waals surface area contributed by atoms with Crippen LogP contribution in [0.3, 0.4) is 0 Å². The van der Waals surface area contributed by atoms with Crippen molar-refractivity contribution in [2.24, 2.45) is 0 Å². The van der Waals surface area contributed by atoms with Crippen molar-refractivity contribution in [3.05, 3.63) is 42.5 Å². The van der Waals surface area contributed by atoms with Crippen molar-refractivity contribution in [2.75, 3.05) is 30.6 Å². The summed E-state index contributed by atoms with van der Waals surface area (Å²) in [4.78, 5) is 12.6. The number of carbonyl (C=O) groups is 1. The molecule has 0 bridgehead atoms. The van der Waals surface area contributed by atoms with Crippen LogP contribution < -0.4 is 23.8 Å². The van der Waals surface area contributed by atoms with Crippen molar-refractivity contribution in [3.63, 3.8) is 0 Å². The number of hydrogen-bond donors (Lipinski definition) is 1. The predicted octanol–water partition coefficient (Wildman–Crippen LogP) is 2.33. The van der Waals surface area contributed by atoms with Crippen LogP contribution in [0.5, 0.6) is 17.2 Å². The summed E-state index contributed by atoms with van der Waals surface area (Å²) < 4.78 is 45.4. The quantitative estimate of drug-likeness (QED) is 0.779. The number of sulfonamides is 1. The van der Waals surface area contributed by atoms with E-state index in [1.165, 1.54) is 16.4 Å². The molecule has 0 unspecified atom stereocenters. The lowest BCUT2D eigenvalue weighted by atomic mass is 10.2. The Balaban J connectivity index is 1.70. The molecule has 0 radical (unpaired) electrons. The zero-order valence-corrected chi connectivity index (χ0v) is 17.5. The lowest BCUT2D eigenvalue weighted by Gasteiger charge is -2.34. The highest BCUT2D eigenvalue weighted by Gasteiger charge is 2.37. The van der Waals surface area contributed by atoms with Crippen LogP contribution in [0.15, 0.2) is 47.4 Å². The van der Waals surface area contributed by atoms with Crippen LogP contribution in [0.4, 0.5) is 5.69 Å². The van der Waals surface area contributed by atoms with Crippen LogP contribution in [-0.2, 0) is 14.8 Å². The second-order valence-electron chi connectivity index (χ2n) is 7.06. The van der Waals surface area contributed by atoms with E-state index in [2.05, 4.69) is 5.32 Å². The summed E-state index contributed by atoms with van der Waals surface area (Å²) in [6.07, 6.45) is 0.554. The molecule has 2 heterocycles. The maximum absolute atomic E-state index is 13.5. The molecule has 0 fully saturated rings. The van der Waals surface area contributed by atoms with Crippen LogP contribution in [-0.4, -0.2) is 46.7 Å². The van der Waals surface area contributed by atoms with E-state index in [9.17, 15) is 13.2 Å². The van der Waals surface area contributed by atoms with Gasteiger partial charge in [-0.15, -0.1) is 0 Å². The zero-order valence-electron chi connectivity index (χ0n) is 16.7. The maximum atomic E-state index is 13.5. The van der Waals surface area contributed by atoms with E-state index in [-0.39, 0.29) is 17.3 Å². The standard InChI is InChI=1S/C21H24N2O6S/c1-2-10-22-21(24)20-14-23(16-6-3-4-7-17(16)29-20)30(25,26)15-8-9-18-19(13-15)28-12-5-11-27-18/h3-4,6-9,13,20H,2,5,10-12,14H2,1H3,(H,22,24)/t20-/m0/s1. The zero-order chi connectivity index (χ0) is 21.1. The van der Waals surface area contributed by atoms with Crippen LogP contribution >= 0.6 is 0 Å². The summed E-state index contributed by atoms with van der Waals surface area (Å²) in [6, 6.07) is 11.4. The number of anilines is 1. The molecule has 8 nitrogen and oxygen atoms in total. The van der Waals surface area contributed by atoms with Crippen molar-refractivity contribution in [2.45, 2.75) is 30.8 Å². The van der Waals surface area contributed by atoms with Gasteiger partial charge in [-0.05, 0) is 30.7 Å². The first-order chi connectivity index (χ1) is 14.5. The number of fused-ring (bicyclic) bond motifs is 2. The van der Waals surface area contributed by atoms with Gasteiger partial charge in [-0.25, -0.2) is 8.42 Å². The van der Waals surface area contributed by atoms with Gasteiger partial charge in [0.05, 0.1) is 30.3 Å². The number of hydrogen-bond acceptors (Lipinski definition) is 6. The Labute approximate surface area is 175 Å². The van der Waals surface area contributed by atoms with Gasteiger partial charge in [0, 0.05) is 19.0 Å². The first kappa shape index (κ1) is 20.3. The predicted molar refractivity (Wildman–Crippen MR) is 111 cm³/mol. The molecule has 2 aromatic rings. The van der Waals surface area contributed by atoms with Gasteiger partial charge >= 0.3 is 0 Å². The molecular formula is C21H24N2O6S. The minimum absolute atomic E-state index is 0.0659. The smallest absolute Gasteiger partial charge is 0.264 e. The highest BCUT2D eigenvalue weighted by molar-refractivity contribution is 7.92. The van der Waals surface area contributed by atoms with Crippen molar-refractivity contribution < 1.29 is 27.4 Å². The Morgan fingerprint density at radius 3 is 2.67 bits per heavy atom. The molecule has 2 aliphatic rings. The first-order valence-electron chi connectivity index (χ1n) is 9.96. The number of para-hydroxylation sites is 2. The van der Waals surface area contributed by atoms with E-state index < -0.39 is 16.1 Å². The molecule has 1 amide bonds. The average Bonchev–Trinajstić information content (AvgIpc) is 3.01. The molecule has 1 atom stereocenters. The summed E-state index contributed by atoms with van der Waals surface area (Å²) >= 11 is 0. The topological polar surface area (TPSA) is 94.2 Å². The van der Waals surface area contributed by atoms with Gasteiger partial charge in [0.1, 0.15) is 5.75 Å². The van der Waals surface area contributed by atoms with Gasteiger partial charge in [-0.2, -0.15) is 0 Å². The average molecular weight is 432 g/mol. The van der Waals surface area contributed by atoms with Gasteiger partial charge < -0.3 is 19.5 Å². The Hall–Kier alpha value is -2.94. The summed E-state index contributed by atoms with van der Waals surface area (Å²) in [5, 5.41) is 2.77. The molecule has 160 valence electrons. The number of nitrogens with one attached hydrogen (secondary N) is 1. The number of carbonyl (C=O) groups excluding carboxylic acids is 1. The van der Waals surface area contributed by atoms with Crippen molar-refractivity contribution >= 4 is 21.6 Å². The lowest BCUT2D eigenvalue weighted by molar-refractivity contribution is -0.127. The highest BCUT2D eigenvalue weighted by atomic mass is 32.2. The number of rotatable bonds is 5. The molecule has 0 aliphatic carbocycles. The summed E-state index contributed by atoms with van der Waals surface area (Å²) in [5.74, 6) is 0.918.